The van der Waals surface area contributed by atoms with Crippen LogP contribution in [0.15, 0.2) is 51.8 Å². The van der Waals surface area contributed by atoms with Crippen LogP contribution in [0.25, 0.3) is 17.4 Å². The molecule has 6 heteroatoms. The van der Waals surface area contributed by atoms with Gasteiger partial charge in [0.05, 0.1) is 4.90 Å². The third kappa shape index (κ3) is 3.57. The molecule has 1 heterocycles. The maximum atomic E-state index is 11.2. The van der Waals surface area contributed by atoms with Crippen LogP contribution in [0.2, 0.25) is 0 Å². The molecule has 0 saturated carbocycles. The van der Waals surface area contributed by atoms with Crippen LogP contribution in [0.4, 0.5) is 0 Å². The van der Waals surface area contributed by atoms with Gasteiger partial charge < -0.3 is 10.2 Å². The van der Waals surface area contributed by atoms with Crippen molar-refractivity contribution in [3.8, 4) is 11.3 Å². The van der Waals surface area contributed by atoms with Crippen molar-refractivity contribution in [3.63, 3.8) is 0 Å². The maximum Gasteiger partial charge on any atom is 0.238 e. The van der Waals surface area contributed by atoms with Gasteiger partial charge in [0.2, 0.25) is 10.0 Å². The lowest BCUT2D eigenvalue weighted by molar-refractivity contribution is 0.571. The number of hydrogen-bond donors (Lipinski definition) is 2. The molecular formula is C14H16N2O3S. The number of benzene rings is 1. The average molecular weight is 292 g/mol. The Balaban J connectivity index is 2.25. The Kier molecular flexibility index (Phi) is 4.08. The fraction of sp³-hybridized carbons (Fsp3) is 0.143. The van der Waals surface area contributed by atoms with Gasteiger partial charge in [-0.25, -0.2) is 13.6 Å². The fourth-order valence-electron chi connectivity index (χ4n) is 1.65. The molecule has 0 aliphatic carbocycles. The smallest absolute Gasteiger partial charge is 0.238 e. The molecule has 1 unspecified atom stereocenters. The van der Waals surface area contributed by atoms with Crippen LogP contribution in [0.1, 0.15) is 12.7 Å². The van der Waals surface area contributed by atoms with Gasteiger partial charge in [-0.2, -0.15) is 0 Å². The van der Waals surface area contributed by atoms with Crippen molar-refractivity contribution in [2.24, 2.45) is 10.9 Å². The van der Waals surface area contributed by atoms with E-state index in [2.05, 4.69) is 0 Å². The Morgan fingerprint density at radius 1 is 1.15 bits per heavy atom. The molecule has 2 aromatic rings. The van der Waals surface area contributed by atoms with Gasteiger partial charge in [0, 0.05) is 11.6 Å². The van der Waals surface area contributed by atoms with E-state index in [1.807, 2.05) is 25.1 Å². The first kappa shape index (κ1) is 14.5. The van der Waals surface area contributed by atoms with E-state index in [-0.39, 0.29) is 10.9 Å². The summed E-state index contributed by atoms with van der Waals surface area (Å²) in [6.45, 7) is 1.87. The summed E-state index contributed by atoms with van der Waals surface area (Å²) in [5.41, 5.74) is 6.39. The largest absolute Gasteiger partial charge is 0.457 e. The SMILES string of the molecule is CC(N)/C=C/c1ccc(-c2ccc(S(N)(=O)=O)cc2)o1. The van der Waals surface area contributed by atoms with Crippen molar-refractivity contribution >= 4 is 16.1 Å². The zero-order valence-corrected chi connectivity index (χ0v) is 11.8. The average Bonchev–Trinajstić information content (AvgIpc) is 2.84. The minimum absolute atomic E-state index is 0.0439. The van der Waals surface area contributed by atoms with E-state index >= 15 is 0 Å². The van der Waals surface area contributed by atoms with E-state index in [9.17, 15) is 8.42 Å². The lowest BCUT2D eigenvalue weighted by atomic mass is 10.2. The molecule has 4 N–H and O–H groups in total. The molecule has 0 aliphatic rings. The van der Waals surface area contributed by atoms with Gasteiger partial charge >= 0.3 is 0 Å². The van der Waals surface area contributed by atoms with Crippen molar-refractivity contribution in [1.82, 2.24) is 0 Å². The molecular weight excluding hydrogens is 276 g/mol. The third-order valence-corrected chi connectivity index (χ3v) is 3.59. The van der Waals surface area contributed by atoms with E-state index in [1.54, 1.807) is 18.2 Å². The van der Waals surface area contributed by atoms with E-state index in [0.717, 1.165) is 5.56 Å². The second-order valence-corrected chi connectivity index (χ2v) is 6.05. The molecule has 5 nitrogen and oxygen atoms in total. The minimum Gasteiger partial charge on any atom is -0.457 e. The molecule has 0 amide bonds. The highest BCUT2D eigenvalue weighted by atomic mass is 32.2. The van der Waals surface area contributed by atoms with Crippen LogP contribution in [0.3, 0.4) is 0 Å². The number of hydrogen-bond acceptors (Lipinski definition) is 4. The molecule has 1 aromatic heterocycles. The molecule has 0 radical (unpaired) electrons. The van der Waals surface area contributed by atoms with Gasteiger partial charge in [-0.15, -0.1) is 0 Å². The highest BCUT2D eigenvalue weighted by molar-refractivity contribution is 7.89. The van der Waals surface area contributed by atoms with Gasteiger partial charge in [-0.1, -0.05) is 6.08 Å². The van der Waals surface area contributed by atoms with Crippen molar-refractivity contribution in [1.29, 1.82) is 0 Å². The monoisotopic (exact) mass is 292 g/mol. The lowest BCUT2D eigenvalue weighted by Crippen LogP contribution is -2.11. The first-order chi connectivity index (χ1) is 9.36. The van der Waals surface area contributed by atoms with Crippen LogP contribution in [-0.4, -0.2) is 14.5 Å². The standard InChI is InChI=1S/C14H16N2O3S/c1-10(15)2-5-12-6-9-14(19-12)11-3-7-13(8-4-11)20(16,17)18/h2-10H,15H2,1H3,(H2,16,17,18)/b5-2+. The molecule has 0 saturated heterocycles. The van der Waals surface area contributed by atoms with Crippen LogP contribution in [0.5, 0.6) is 0 Å². The normalized spacial score (nSPS) is 13.8. The summed E-state index contributed by atoms with van der Waals surface area (Å²) < 4.78 is 28.0. The molecule has 0 spiro atoms. The zero-order valence-electron chi connectivity index (χ0n) is 11.0. The van der Waals surface area contributed by atoms with Gasteiger partial charge in [-0.3, -0.25) is 0 Å². The summed E-state index contributed by atoms with van der Waals surface area (Å²) in [7, 11) is -3.67. The lowest BCUT2D eigenvalue weighted by Gasteiger charge is -2.00. The van der Waals surface area contributed by atoms with E-state index in [1.165, 1.54) is 12.1 Å². The Bertz CT molecular complexity index is 713. The number of primary sulfonamides is 1. The summed E-state index contributed by atoms with van der Waals surface area (Å²) in [6, 6.07) is 9.79. The number of nitrogens with two attached hydrogens (primary N) is 2. The maximum absolute atomic E-state index is 11.2. The summed E-state index contributed by atoms with van der Waals surface area (Å²) in [4.78, 5) is 0.0740. The van der Waals surface area contributed by atoms with Crippen LogP contribution >= 0.6 is 0 Å². The predicted octanol–water partition coefficient (Wildman–Crippen LogP) is 1.95. The molecule has 20 heavy (non-hydrogen) atoms. The summed E-state index contributed by atoms with van der Waals surface area (Å²) in [5.74, 6) is 1.34. The van der Waals surface area contributed by atoms with Crippen molar-refractivity contribution in [2.45, 2.75) is 17.9 Å². The van der Waals surface area contributed by atoms with E-state index < -0.39 is 10.0 Å². The van der Waals surface area contributed by atoms with Crippen molar-refractivity contribution < 1.29 is 12.8 Å². The van der Waals surface area contributed by atoms with Crippen LogP contribution in [0, 0.1) is 0 Å². The number of sulfonamides is 1. The van der Waals surface area contributed by atoms with Gasteiger partial charge in [-0.05, 0) is 49.4 Å². The second-order valence-electron chi connectivity index (χ2n) is 4.49. The molecule has 0 fully saturated rings. The second kappa shape index (κ2) is 5.62. The van der Waals surface area contributed by atoms with Crippen molar-refractivity contribution in [3.05, 3.63) is 48.2 Å². The Morgan fingerprint density at radius 2 is 1.80 bits per heavy atom. The number of rotatable bonds is 4. The van der Waals surface area contributed by atoms with E-state index in [0.29, 0.717) is 11.5 Å². The molecule has 2 rings (SSSR count). The minimum atomic E-state index is -3.67. The van der Waals surface area contributed by atoms with Gasteiger partial charge in [0.25, 0.3) is 0 Å². The molecule has 1 atom stereocenters. The Labute approximate surface area is 117 Å². The van der Waals surface area contributed by atoms with Crippen molar-refractivity contribution in [2.75, 3.05) is 0 Å². The van der Waals surface area contributed by atoms with Crippen LogP contribution < -0.4 is 10.9 Å². The zero-order chi connectivity index (χ0) is 14.8. The first-order valence-electron chi connectivity index (χ1n) is 6.03. The first-order valence-corrected chi connectivity index (χ1v) is 7.58. The Morgan fingerprint density at radius 3 is 2.35 bits per heavy atom. The fourth-order valence-corrected chi connectivity index (χ4v) is 2.17. The molecule has 106 valence electrons. The van der Waals surface area contributed by atoms with E-state index in [4.69, 9.17) is 15.3 Å². The molecule has 1 aromatic carbocycles. The van der Waals surface area contributed by atoms with Crippen LogP contribution in [-0.2, 0) is 10.0 Å². The van der Waals surface area contributed by atoms with Gasteiger partial charge in [0.1, 0.15) is 11.5 Å². The topological polar surface area (TPSA) is 99.3 Å². The summed E-state index contributed by atoms with van der Waals surface area (Å²) >= 11 is 0. The molecule has 0 aliphatic heterocycles. The summed E-state index contributed by atoms with van der Waals surface area (Å²) in [6.07, 6.45) is 3.62. The predicted molar refractivity (Wildman–Crippen MR) is 78.2 cm³/mol. The Hall–Kier alpha value is -1.89. The van der Waals surface area contributed by atoms with Gasteiger partial charge in [0.15, 0.2) is 0 Å². The summed E-state index contributed by atoms with van der Waals surface area (Å²) in [5, 5.41) is 5.05. The number of furan rings is 1. The highest BCUT2D eigenvalue weighted by Gasteiger charge is 2.09. The molecule has 0 bridgehead atoms. The quantitative estimate of drug-likeness (QED) is 0.899. The highest BCUT2D eigenvalue weighted by Crippen LogP contribution is 2.24. The third-order valence-electron chi connectivity index (χ3n) is 2.66.